The van der Waals surface area contributed by atoms with E-state index in [2.05, 4.69) is 41.2 Å². The van der Waals surface area contributed by atoms with E-state index in [1.807, 2.05) is 24.5 Å². The van der Waals surface area contributed by atoms with Crippen LogP contribution in [0.2, 0.25) is 0 Å². The van der Waals surface area contributed by atoms with Gasteiger partial charge in [-0.1, -0.05) is 37.6 Å². The minimum atomic E-state index is 0.244. The zero-order valence-corrected chi connectivity index (χ0v) is 13.2. The first-order valence-corrected chi connectivity index (χ1v) is 7.97. The van der Waals surface area contributed by atoms with Crippen molar-refractivity contribution >= 4 is 0 Å². The highest BCUT2D eigenvalue weighted by molar-refractivity contribution is 5.64. The second-order valence-electron chi connectivity index (χ2n) is 5.64. The van der Waals surface area contributed by atoms with Gasteiger partial charge in [-0.05, 0) is 48.2 Å². The largest absolute Gasteiger partial charge is 0.508 e. The van der Waals surface area contributed by atoms with Crippen LogP contribution >= 0.6 is 0 Å². The maximum atomic E-state index is 9.33. The molecule has 0 atom stereocenters. The molecule has 0 saturated heterocycles. The van der Waals surface area contributed by atoms with Gasteiger partial charge in [-0.3, -0.25) is 0 Å². The molecule has 1 aromatic heterocycles. The molecule has 3 nitrogen and oxygen atoms in total. The third-order valence-corrected chi connectivity index (χ3v) is 3.88. The molecule has 2 aromatic carbocycles. The summed E-state index contributed by atoms with van der Waals surface area (Å²) in [6.45, 7) is 2.21. The lowest BCUT2D eigenvalue weighted by Crippen LogP contribution is -1.90. The Morgan fingerprint density at radius 2 is 1.39 bits per heavy atom. The number of hydrogen-bond donors (Lipinski definition) is 1. The normalized spacial score (nSPS) is 10.7. The van der Waals surface area contributed by atoms with Gasteiger partial charge in [0.25, 0.3) is 0 Å². The molecule has 0 bridgehead atoms. The molecular weight excluding hydrogens is 284 g/mol. The summed E-state index contributed by atoms with van der Waals surface area (Å²) in [6.07, 6.45) is 7.26. The number of aromatic hydroxyl groups is 1. The van der Waals surface area contributed by atoms with E-state index in [-0.39, 0.29) is 5.75 Å². The van der Waals surface area contributed by atoms with Crippen LogP contribution in [0.4, 0.5) is 0 Å². The van der Waals surface area contributed by atoms with E-state index in [1.54, 1.807) is 12.1 Å². The lowest BCUT2D eigenvalue weighted by molar-refractivity contribution is 0.475. The first-order valence-electron chi connectivity index (χ1n) is 7.97. The Morgan fingerprint density at radius 1 is 0.783 bits per heavy atom. The van der Waals surface area contributed by atoms with Gasteiger partial charge in [0.05, 0.1) is 0 Å². The Bertz CT molecular complexity index is 747. The molecule has 3 rings (SSSR count). The predicted octanol–water partition coefficient (Wildman–Crippen LogP) is 4.86. The van der Waals surface area contributed by atoms with Crippen molar-refractivity contribution in [3.05, 3.63) is 66.5 Å². The Morgan fingerprint density at radius 3 is 2.00 bits per heavy atom. The average Bonchev–Trinajstić information content (AvgIpc) is 2.61. The Balaban J connectivity index is 1.77. The topological polar surface area (TPSA) is 46.0 Å². The van der Waals surface area contributed by atoms with Crippen molar-refractivity contribution in [2.45, 2.75) is 26.2 Å². The van der Waals surface area contributed by atoms with Crippen molar-refractivity contribution in [1.29, 1.82) is 0 Å². The number of rotatable bonds is 5. The van der Waals surface area contributed by atoms with Gasteiger partial charge in [0, 0.05) is 23.5 Å². The van der Waals surface area contributed by atoms with E-state index in [0.29, 0.717) is 5.82 Å². The maximum Gasteiger partial charge on any atom is 0.159 e. The summed E-state index contributed by atoms with van der Waals surface area (Å²) in [5.74, 6) is 0.904. The van der Waals surface area contributed by atoms with E-state index >= 15 is 0 Å². The fourth-order valence-corrected chi connectivity index (χ4v) is 2.48. The quantitative estimate of drug-likeness (QED) is 0.732. The molecule has 0 aliphatic carbocycles. The third-order valence-electron chi connectivity index (χ3n) is 3.88. The van der Waals surface area contributed by atoms with E-state index in [4.69, 9.17) is 0 Å². The van der Waals surface area contributed by atoms with Crippen molar-refractivity contribution in [3.8, 4) is 28.3 Å². The van der Waals surface area contributed by atoms with Crippen LogP contribution in [-0.4, -0.2) is 15.1 Å². The third kappa shape index (κ3) is 3.75. The number of benzene rings is 2. The molecule has 0 radical (unpaired) electrons. The van der Waals surface area contributed by atoms with Gasteiger partial charge in [0.2, 0.25) is 0 Å². The molecule has 0 saturated carbocycles. The van der Waals surface area contributed by atoms with E-state index in [9.17, 15) is 5.11 Å². The minimum absolute atomic E-state index is 0.244. The van der Waals surface area contributed by atoms with Crippen LogP contribution in [0.1, 0.15) is 25.3 Å². The monoisotopic (exact) mass is 304 g/mol. The van der Waals surface area contributed by atoms with Gasteiger partial charge in [-0.25, -0.2) is 9.97 Å². The summed E-state index contributed by atoms with van der Waals surface area (Å²) < 4.78 is 0. The summed E-state index contributed by atoms with van der Waals surface area (Å²) in [6, 6.07) is 15.5. The van der Waals surface area contributed by atoms with Crippen molar-refractivity contribution in [2.75, 3.05) is 0 Å². The molecule has 1 heterocycles. The number of aryl methyl sites for hydroxylation is 1. The van der Waals surface area contributed by atoms with Gasteiger partial charge in [-0.2, -0.15) is 0 Å². The molecule has 0 spiro atoms. The van der Waals surface area contributed by atoms with E-state index < -0.39 is 0 Å². The molecule has 0 fully saturated rings. The van der Waals surface area contributed by atoms with E-state index in [0.717, 1.165) is 23.1 Å². The molecule has 116 valence electrons. The van der Waals surface area contributed by atoms with Crippen LogP contribution in [0.25, 0.3) is 22.5 Å². The van der Waals surface area contributed by atoms with Crippen LogP contribution in [-0.2, 0) is 6.42 Å². The smallest absolute Gasteiger partial charge is 0.159 e. The molecule has 0 amide bonds. The lowest BCUT2D eigenvalue weighted by atomic mass is 10.0. The predicted molar refractivity (Wildman–Crippen MR) is 93.2 cm³/mol. The minimum Gasteiger partial charge on any atom is -0.508 e. The van der Waals surface area contributed by atoms with Crippen molar-refractivity contribution in [3.63, 3.8) is 0 Å². The zero-order valence-electron chi connectivity index (χ0n) is 13.2. The summed E-state index contributed by atoms with van der Waals surface area (Å²) in [5, 5.41) is 9.33. The molecule has 3 heteroatoms. The van der Waals surface area contributed by atoms with Gasteiger partial charge in [-0.15, -0.1) is 0 Å². The first kappa shape index (κ1) is 15.2. The van der Waals surface area contributed by atoms with Crippen molar-refractivity contribution in [1.82, 2.24) is 9.97 Å². The number of aromatic nitrogens is 2. The molecular formula is C20H20N2O. The summed E-state index contributed by atoms with van der Waals surface area (Å²) >= 11 is 0. The fourth-order valence-electron chi connectivity index (χ4n) is 2.48. The number of unbranched alkanes of at least 4 members (excludes halogenated alkanes) is 1. The maximum absolute atomic E-state index is 9.33. The SMILES string of the molecule is CCCCc1ccc(-c2cnc(-c3ccc(O)cc3)nc2)cc1. The number of phenols is 1. The Hall–Kier alpha value is -2.68. The van der Waals surface area contributed by atoms with Crippen LogP contribution in [0.3, 0.4) is 0 Å². The highest BCUT2D eigenvalue weighted by atomic mass is 16.3. The summed E-state index contributed by atoms with van der Waals surface area (Å²) in [5.41, 5.74) is 4.40. The molecule has 1 N–H and O–H groups in total. The average molecular weight is 304 g/mol. The second kappa shape index (κ2) is 7.05. The Labute approximate surface area is 136 Å². The highest BCUT2D eigenvalue weighted by Gasteiger charge is 2.03. The van der Waals surface area contributed by atoms with Crippen LogP contribution in [0.15, 0.2) is 60.9 Å². The second-order valence-corrected chi connectivity index (χ2v) is 5.64. The summed E-state index contributed by atoms with van der Waals surface area (Å²) in [7, 11) is 0. The molecule has 0 aliphatic heterocycles. The molecule has 0 unspecified atom stereocenters. The van der Waals surface area contributed by atoms with Crippen molar-refractivity contribution in [2.24, 2.45) is 0 Å². The fraction of sp³-hybridized carbons (Fsp3) is 0.200. The number of phenolic OH excluding ortho intramolecular Hbond substituents is 1. The van der Waals surface area contributed by atoms with Gasteiger partial charge in [0.1, 0.15) is 5.75 Å². The molecule has 23 heavy (non-hydrogen) atoms. The standard InChI is InChI=1S/C20H20N2O/c1-2-3-4-15-5-7-16(8-6-15)18-13-21-20(22-14-18)17-9-11-19(23)12-10-17/h5-14,23H,2-4H2,1H3. The van der Waals surface area contributed by atoms with Crippen molar-refractivity contribution < 1.29 is 5.11 Å². The first-order chi connectivity index (χ1) is 11.3. The van der Waals surface area contributed by atoms with Crippen LogP contribution in [0.5, 0.6) is 5.75 Å². The lowest BCUT2D eigenvalue weighted by Gasteiger charge is -2.05. The van der Waals surface area contributed by atoms with Gasteiger partial charge in [0.15, 0.2) is 5.82 Å². The van der Waals surface area contributed by atoms with Gasteiger partial charge >= 0.3 is 0 Å². The van der Waals surface area contributed by atoms with Crippen LogP contribution < -0.4 is 0 Å². The molecule has 3 aromatic rings. The highest BCUT2D eigenvalue weighted by Crippen LogP contribution is 2.22. The Kier molecular flexibility index (Phi) is 4.67. The molecule has 0 aliphatic rings. The summed E-state index contributed by atoms with van der Waals surface area (Å²) in [4.78, 5) is 8.87. The zero-order chi connectivity index (χ0) is 16.1. The van der Waals surface area contributed by atoms with E-state index in [1.165, 1.54) is 18.4 Å². The van der Waals surface area contributed by atoms with Gasteiger partial charge < -0.3 is 5.11 Å². The number of nitrogens with zero attached hydrogens (tertiary/aromatic N) is 2. The van der Waals surface area contributed by atoms with Crippen LogP contribution in [0, 0.1) is 0 Å². The number of hydrogen-bond acceptors (Lipinski definition) is 3.